The third-order valence-corrected chi connectivity index (χ3v) is 3.42. The summed E-state index contributed by atoms with van der Waals surface area (Å²) in [6.45, 7) is 1.73. The zero-order chi connectivity index (χ0) is 18.0. The van der Waals surface area contributed by atoms with Gasteiger partial charge in [0.2, 0.25) is 0 Å². The number of rotatable bonds is 4. The van der Waals surface area contributed by atoms with Crippen LogP contribution < -0.4 is 10.1 Å². The van der Waals surface area contributed by atoms with Crippen molar-refractivity contribution in [3.8, 4) is 11.6 Å². The maximum absolute atomic E-state index is 14.1. The molecule has 0 saturated carbocycles. The first kappa shape index (κ1) is 16.6. The second-order valence-corrected chi connectivity index (χ2v) is 5.19. The number of anilines is 1. The standard InChI is InChI=1S/C17H14F2N4O2/c1-10-7-15(23(22-10)14-5-3-4-6-20-14)21-17(24)16-12(18)8-11(25-2)9-13(16)19/h3-9H,1-2H3,(H,21,24). The largest absolute Gasteiger partial charge is 0.497 e. The molecule has 6 nitrogen and oxygen atoms in total. The van der Waals surface area contributed by atoms with E-state index in [4.69, 9.17) is 4.74 Å². The van der Waals surface area contributed by atoms with Gasteiger partial charge in [-0.25, -0.2) is 13.8 Å². The van der Waals surface area contributed by atoms with Crippen LogP contribution in [0.4, 0.5) is 14.6 Å². The number of benzene rings is 1. The third kappa shape index (κ3) is 3.32. The molecular formula is C17H14F2N4O2. The molecule has 1 N–H and O–H groups in total. The van der Waals surface area contributed by atoms with E-state index in [0.717, 1.165) is 12.1 Å². The lowest BCUT2D eigenvalue weighted by atomic mass is 10.1. The average Bonchev–Trinajstić information content (AvgIpc) is 2.95. The summed E-state index contributed by atoms with van der Waals surface area (Å²) >= 11 is 0. The van der Waals surface area contributed by atoms with Crippen LogP contribution in [-0.4, -0.2) is 27.8 Å². The summed E-state index contributed by atoms with van der Waals surface area (Å²) in [7, 11) is 1.28. The van der Waals surface area contributed by atoms with Gasteiger partial charge in [-0.1, -0.05) is 6.07 Å². The van der Waals surface area contributed by atoms with Gasteiger partial charge >= 0.3 is 0 Å². The third-order valence-electron chi connectivity index (χ3n) is 3.42. The molecule has 0 radical (unpaired) electrons. The van der Waals surface area contributed by atoms with Crippen LogP contribution >= 0.6 is 0 Å². The Morgan fingerprint density at radius 2 is 1.92 bits per heavy atom. The first-order valence-electron chi connectivity index (χ1n) is 7.32. The van der Waals surface area contributed by atoms with Crippen molar-refractivity contribution in [2.75, 3.05) is 12.4 Å². The van der Waals surface area contributed by atoms with Gasteiger partial charge in [-0.05, 0) is 19.1 Å². The van der Waals surface area contributed by atoms with Crippen LogP contribution in [-0.2, 0) is 0 Å². The molecule has 2 heterocycles. The summed E-state index contributed by atoms with van der Waals surface area (Å²) < 4.78 is 34.3. The summed E-state index contributed by atoms with van der Waals surface area (Å²) in [5.74, 6) is -2.28. The molecule has 0 aliphatic rings. The Labute approximate surface area is 142 Å². The number of aryl methyl sites for hydroxylation is 1. The van der Waals surface area contributed by atoms with Crippen molar-refractivity contribution in [2.24, 2.45) is 0 Å². The molecule has 0 unspecified atom stereocenters. The van der Waals surface area contributed by atoms with E-state index in [9.17, 15) is 13.6 Å². The molecule has 128 valence electrons. The molecule has 0 saturated heterocycles. The van der Waals surface area contributed by atoms with Crippen LogP contribution in [0.3, 0.4) is 0 Å². The molecule has 25 heavy (non-hydrogen) atoms. The Morgan fingerprint density at radius 3 is 2.52 bits per heavy atom. The molecule has 3 aromatic rings. The van der Waals surface area contributed by atoms with E-state index in [0.29, 0.717) is 11.5 Å². The number of hydrogen-bond donors (Lipinski definition) is 1. The van der Waals surface area contributed by atoms with Crippen molar-refractivity contribution in [3.63, 3.8) is 0 Å². The highest BCUT2D eigenvalue weighted by Crippen LogP contribution is 2.22. The fraction of sp³-hybridized carbons (Fsp3) is 0.118. The van der Waals surface area contributed by atoms with Crippen LogP contribution in [0.5, 0.6) is 5.75 Å². The lowest BCUT2D eigenvalue weighted by Gasteiger charge is -2.10. The molecule has 0 spiro atoms. The molecule has 3 rings (SSSR count). The molecule has 1 amide bonds. The molecule has 1 aromatic carbocycles. The molecule has 0 fully saturated rings. The highest BCUT2D eigenvalue weighted by Gasteiger charge is 2.21. The fourth-order valence-electron chi connectivity index (χ4n) is 2.31. The van der Waals surface area contributed by atoms with Crippen molar-refractivity contribution < 1.29 is 18.3 Å². The zero-order valence-corrected chi connectivity index (χ0v) is 13.5. The predicted octanol–water partition coefficient (Wildman–Crippen LogP) is 3.11. The first-order chi connectivity index (χ1) is 12.0. The fourth-order valence-corrected chi connectivity index (χ4v) is 2.31. The van der Waals surface area contributed by atoms with Crippen molar-refractivity contribution in [2.45, 2.75) is 6.92 Å². The number of pyridine rings is 1. The average molecular weight is 344 g/mol. The van der Waals surface area contributed by atoms with Gasteiger partial charge in [0, 0.05) is 24.4 Å². The van der Waals surface area contributed by atoms with Crippen LogP contribution in [0.1, 0.15) is 16.1 Å². The molecule has 0 aliphatic heterocycles. The molecular weight excluding hydrogens is 330 g/mol. The molecule has 2 aromatic heterocycles. The minimum absolute atomic E-state index is 0.0130. The van der Waals surface area contributed by atoms with Crippen LogP contribution in [0.2, 0.25) is 0 Å². The summed E-state index contributed by atoms with van der Waals surface area (Å²) in [4.78, 5) is 16.5. The van der Waals surface area contributed by atoms with E-state index in [1.54, 1.807) is 37.4 Å². The zero-order valence-electron chi connectivity index (χ0n) is 13.5. The second-order valence-electron chi connectivity index (χ2n) is 5.19. The molecule has 8 heteroatoms. The van der Waals surface area contributed by atoms with Gasteiger partial charge in [-0.2, -0.15) is 9.78 Å². The number of nitrogens with one attached hydrogen (secondary N) is 1. The van der Waals surface area contributed by atoms with Crippen molar-refractivity contribution in [1.29, 1.82) is 0 Å². The van der Waals surface area contributed by atoms with E-state index in [1.807, 2.05) is 0 Å². The van der Waals surface area contributed by atoms with Crippen LogP contribution in [0.25, 0.3) is 5.82 Å². The van der Waals surface area contributed by atoms with Crippen LogP contribution in [0, 0.1) is 18.6 Å². The summed E-state index contributed by atoms with van der Waals surface area (Å²) in [5, 5.41) is 6.70. The number of halogens is 2. The van der Waals surface area contributed by atoms with Gasteiger partial charge in [0.25, 0.3) is 5.91 Å². The number of aromatic nitrogens is 3. The number of carbonyl (C=O) groups is 1. The number of hydrogen-bond acceptors (Lipinski definition) is 4. The summed E-state index contributed by atoms with van der Waals surface area (Å²) in [6, 6.07) is 8.65. The lowest BCUT2D eigenvalue weighted by Crippen LogP contribution is -2.18. The number of amides is 1. The number of methoxy groups -OCH3 is 1. The maximum Gasteiger partial charge on any atom is 0.262 e. The quantitative estimate of drug-likeness (QED) is 0.790. The normalized spacial score (nSPS) is 10.6. The van der Waals surface area contributed by atoms with Gasteiger partial charge in [0.05, 0.1) is 12.8 Å². The SMILES string of the molecule is COc1cc(F)c(C(=O)Nc2cc(C)nn2-c2ccccn2)c(F)c1. The van der Waals surface area contributed by atoms with E-state index in [2.05, 4.69) is 15.4 Å². The molecule has 0 atom stereocenters. The summed E-state index contributed by atoms with van der Waals surface area (Å²) in [6.07, 6.45) is 1.57. The van der Waals surface area contributed by atoms with Gasteiger partial charge < -0.3 is 10.1 Å². The Bertz CT molecular complexity index is 903. The monoisotopic (exact) mass is 344 g/mol. The second kappa shape index (κ2) is 6.68. The van der Waals surface area contributed by atoms with Crippen molar-refractivity contribution >= 4 is 11.7 Å². The Kier molecular flexibility index (Phi) is 4.42. The Balaban J connectivity index is 1.95. The summed E-state index contributed by atoms with van der Waals surface area (Å²) in [5.41, 5.74) is -0.0937. The predicted molar refractivity (Wildman–Crippen MR) is 87.0 cm³/mol. The molecule has 0 aliphatic carbocycles. The highest BCUT2D eigenvalue weighted by molar-refractivity contribution is 6.04. The van der Waals surface area contributed by atoms with E-state index in [-0.39, 0.29) is 11.6 Å². The highest BCUT2D eigenvalue weighted by atomic mass is 19.1. The minimum atomic E-state index is -1.02. The maximum atomic E-state index is 14.1. The number of nitrogens with zero attached hydrogens (tertiary/aromatic N) is 3. The lowest BCUT2D eigenvalue weighted by molar-refractivity contribution is 0.101. The van der Waals surface area contributed by atoms with Gasteiger partial charge in [-0.15, -0.1) is 0 Å². The van der Waals surface area contributed by atoms with E-state index >= 15 is 0 Å². The van der Waals surface area contributed by atoms with Crippen molar-refractivity contribution in [3.05, 3.63) is 65.5 Å². The van der Waals surface area contributed by atoms with E-state index < -0.39 is 23.1 Å². The van der Waals surface area contributed by atoms with Crippen LogP contribution in [0.15, 0.2) is 42.6 Å². The number of ether oxygens (including phenoxy) is 1. The smallest absolute Gasteiger partial charge is 0.262 e. The topological polar surface area (TPSA) is 69.0 Å². The Hall–Kier alpha value is -3.29. The Morgan fingerprint density at radius 1 is 1.20 bits per heavy atom. The van der Waals surface area contributed by atoms with Gasteiger partial charge in [-0.3, -0.25) is 4.79 Å². The van der Waals surface area contributed by atoms with Gasteiger partial charge in [0.15, 0.2) is 5.82 Å². The molecule has 0 bridgehead atoms. The van der Waals surface area contributed by atoms with E-state index in [1.165, 1.54) is 11.8 Å². The first-order valence-corrected chi connectivity index (χ1v) is 7.32. The van der Waals surface area contributed by atoms with Crippen molar-refractivity contribution in [1.82, 2.24) is 14.8 Å². The minimum Gasteiger partial charge on any atom is -0.497 e. The van der Waals surface area contributed by atoms with Gasteiger partial charge in [0.1, 0.15) is 28.8 Å². The number of carbonyl (C=O) groups excluding carboxylic acids is 1.